The molecule has 0 aliphatic heterocycles. The quantitative estimate of drug-likeness (QED) is 0.662. The van der Waals surface area contributed by atoms with Crippen LogP contribution in [-0.2, 0) is 0 Å². The third-order valence-corrected chi connectivity index (χ3v) is 3.06. The van der Waals surface area contributed by atoms with Gasteiger partial charge in [-0.15, -0.1) is 6.42 Å². The number of rotatable bonds is 4. The third-order valence-electron chi connectivity index (χ3n) is 2.34. The van der Waals surface area contributed by atoms with Gasteiger partial charge in [0.1, 0.15) is 0 Å². The van der Waals surface area contributed by atoms with E-state index in [2.05, 4.69) is 27.2 Å². The van der Waals surface area contributed by atoms with Crippen molar-refractivity contribution >= 4 is 27.5 Å². The predicted molar refractivity (Wildman–Crippen MR) is 73.5 cm³/mol. The lowest BCUT2D eigenvalue weighted by molar-refractivity contribution is 0.0944. The molecular weight excluding hydrogens is 280 g/mol. The Morgan fingerprint density at radius 1 is 1.65 bits per heavy atom. The molecule has 1 rings (SSSR count). The number of nitrogens with one attached hydrogen (secondary N) is 1. The van der Waals surface area contributed by atoms with Gasteiger partial charge in [0, 0.05) is 15.7 Å². The molecule has 3 N–H and O–H groups in total. The Morgan fingerprint density at radius 3 is 2.88 bits per heavy atom. The summed E-state index contributed by atoms with van der Waals surface area (Å²) in [4.78, 5) is 11.9. The summed E-state index contributed by atoms with van der Waals surface area (Å²) in [5.41, 5.74) is 6.76. The normalized spacial score (nSPS) is 11.6. The fourth-order valence-corrected chi connectivity index (χ4v) is 1.66. The molecule has 1 unspecified atom stereocenters. The molecule has 0 bridgehead atoms. The lowest BCUT2D eigenvalue weighted by Crippen LogP contribution is -2.33. The Labute approximate surface area is 110 Å². The second kappa shape index (κ2) is 6.31. The van der Waals surface area contributed by atoms with Crippen molar-refractivity contribution < 1.29 is 4.79 Å². The molecule has 0 aliphatic carbocycles. The zero-order valence-corrected chi connectivity index (χ0v) is 11.3. The van der Waals surface area contributed by atoms with Gasteiger partial charge < -0.3 is 11.1 Å². The summed E-state index contributed by atoms with van der Waals surface area (Å²) in [5.74, 6) is 2.36. The van der Waals surface area contributed by atoms with Crippen molar-refractivity contribution in [1.29, 1.82) is 0 Å². The highest BCUT2D eigenvalue weighted by molar-refractivity contribution is 9.10. The van der Waals surface area contributed by atoms with Crippen LogP contribution in [0.3, 0.4) is 0 Å². The number of terminal acetylenes is 1. The van der Waals surface area contributed by atoms with Gasteiger partial charge in [-0.2, -0.15) is 0 Å². The van der Waals surface area contributed by atoms with Crippen LogP contribution in [0, 0.1) is 12.3 Å². The number of nitrogens with two attached hydrogens (primary N) is 1. The first-order chi connectivity index (χ1) is 8.08. The highest BCUT2D eigenvalue weighted by Gasteiger charge is 2.11. The molecular formula is C13H15BrN2O. The molecule has 0 spiro atoms. The topological polar surface area (TPSA) is 55.1 Å². The van der Waals surface area contributed by atoms with Crippen LogP contribution in [0.15, 0.2) is 22.7 Å². The van der Waals surface area contributed by atoms with Crippen molar-refractivity contribution in [3.63, 3.8) is 0 Å². The van der Waals surface area contributed by atoms with Crippen LogP contribution in [0.25, 0.3) is 0 Å². The van der Waals surface area contributed by atoms with Crippen LogP contribution < -0.4 is 11.1 Å². The van der Waals surface area contributed by atoms with Gasteiger partial charge in [0.2, 0.25) is 0 Å². The molecule has 0 aromatic heterocycles. The number of hydrogen-bond donors (Lipinski definition) is 2. The Balaban J connectivity index is 2.76. The van der Waals surface area contributed by atoms with E-state index in [9.17, 15) is 4.79 Å². The minimum absolute atomic E-state index is 0.194. The van der Waals surface area contributed by atoms with Crippen molar-refractivity contribution in [2.75, 3.05) is 5.73 Å². The maximum absolute atomic E-state index is 11.9. The van der Waals surface area contributed by atoms with E-state index in [0.29, 0.717) is 11.3 Å². The SMILES string of the molecule is C#CC(CCC)NC(=O)c1ccc(Br)c(N)c1. The smallest absolute Gasteiger partial charge is 0.252 e. The number of carbonyl (C=O) groups excluding carboxylic acids is 1. The van der Waals surface area contributed by atoms with Crippen LogP contribution in [0.5, 0.6) is 0 Å². The molecule has 0 fully saturated rings. The molecule has 0 radical (unpaired) electrons. The zero-order chi connectivity index (χ0) is 12.8. The summed E-state index contributed by atoms with van der Waals surface area (Å²) < 4.78 is 0.774. The fourth-order valence-electron chi connectivity index (χ4n) is 1.41. The van der Waals surface area contributed by atoms with Gasteiger partial charge in [0.05, 0.1) is 6.04 Å². The number of amides is 1. The standard InChI is InChI=1S/C13H15BrN2O/c1-3-5-10(4-2)16-13(17)9-6-7-11(14)12(15)8-9/h2,6-8,10H,3,5,15H2,1H3,(H,16,17). The van der Waals surface area contributed by atoms with E-state index in [-0.39, 0.29) is 11.9 Å². The molecule has 0 saturated heterocycles. The van der Waals surface area contributed by atoms with E-state index in [0.717, 1.165) is 17.3 Å². The van der Waals surface area contributed by atoms with Crippen LogP contribution in [0.1, 0.15) is 30.1 Å². The number of benzene rings is 1. The Kier molecular flexibility index (Phi) is 5.05. The fraction of sp³-hybridized carbons (Fsp3) is 0.308. The van der Waals surface area contributed by atoms with Crippen LogP contribution in [0.4, 0.5) is 5.69 Å². The first-order valence-electron chi connectivity index (χ1n) is 5.40. The van der Waals surface area contributed by atoms with Crippen molar-refractivity contribution in [1.82, 2.24) is 5.32 Å². The van der Waals surface area contributed by atoms with Crippen molar-refractivity contribution in [3.8, 4) is 12.3 Å². The van der Waals surface area contributed by atoms with E-state index in [1.807, 2.05) is 6.92 Å². The molecule has 1 aromatic carbocycles. The Hall–Kier alpha value is -1.47. The Morgan fingerprint density at radius 2 is 2.35 bits per heavy atom. The third kappa shape index (κ3) is 3.79. The molecule has 1 amide bonds. The van der Waals surface area contributed by atoms with Crippen LogP contribution >= 0.6 is 15.9 Å². The monoisotopic (exact) mass is 294 g/mol. The van der Waals surface area contributed by atoms with Gasteiger partial charge in [-0.1, -0.05) is 19.3 Å². The van der Waals surface area contributed by atoms with E-state index in [1.165, 1.54) is 0 Å². The summed E-state index contributed by atoms with van der Waals surface area (Å²) >= 11 is 3.28. The highest BCUT2D eigenvalue weighted by atomic mass is 79.9. The second-order valence-corrected chi connectivity index (χ2v) is 4.57. The number of carbonyl (C=O) groups is 1. The van der Waals surface area contributed by atoms with Crippen molar-refractivity contribution in [2.45, 2.75) is 25.8 Å². The van der Waals surface area contributed by atoms with Crippen molar-refractivity contribution in [3.05, 3.63) is 28.2 Å². The lowest BCUT2D eigenvalue weighted by Gasteiger charge is -2.12. The van der Waals surface area contributed by atoms with Gasteiger partial charge in [-0.25, -0.2) is 0 Å². The van der Waals surface area contributed by atoms with Gasteiger partial charge >= 0.3 is 0 Å². The maximum atomic E-state index is 11.9. The van der Waals surface area contributed by atoms with E-state index in [4.69, 9.17) is 12.2 Å². The summed E-state index contributed by atoms with van der Waals surface area (Å²) in [7, 11) is 0. The van der Waals surface area contributed by atoms with Crippen molar-refractivity contribution in [2.24, 2.45) is 0 Å². The van der Waals surface area contributed by atoms with Gasteiger partial charge in [-0.3, -0.25) is 4.79 Å². The van der Waals surface area contributed by atoms with E-state index in [1.54, 1.807) is 18.2 Å². The Bertz CT molecular complexity index is 451. The second-order valence-electron chi connectivity index (χ2n) is 3.72. The first-order valence-corrected chi connectivity index (χ1v) is 6.19. The van der Waals surface area contributed by atoms with Crippen LogP contribution in [-0.4, -0.2) is 11.9 Å². The zero-order valence-electron chi connectivity index (χ0n) is 9.66. The molecule has 3 nitrogen and oxygen atoms in total. The number of nitrogen functional groups attached to an aromatic ring is 1. The van der Waals surface area contributed by atoms with Gasteiger partial charge in [0.15, 0.2) is 0 Å². The molecule has 0 aliphatic rings. The number of halogens is 1. The average molecular weight is 295 g/mol. The van der Waals surface area contributed by atoms with Gasteiger partial charge in [-0.05, 0) is 40.5 Å². The summed E-state index contributed by atoms with van der Waals surface area (Å²) in [6, 6.07) is 4.85. The lowest BCUT2D eigenvalue weighted by atomic mass is 10.1. The molecule has 1 aromatic rings. The summed E-state index contributed by atoms with van der Waals surface area (Å²) in [5, 5.41) is 2.78. The molecule has 1 atom stereocenters. The molecule has 4 heteroatoms. The van der Waals surface area contributed by atoms with E-state index < -0.39 is 0 Å². The number of hydrogen-bond acceptors (Lipinski definition) is 2. The molecule has 0 heterocycles. The van der Waals surface area contributed by atoms with Gasteiger partial charge in [0.25, 0.3) is 5.91 Å². The highest BCUT2D eigenvalue weighted by Crippen LogP contribution is 2.20. The molecule has 0 saturated carbocycles. The first kappa shape index (κ1) is 13.6. The number of anilines is 1. The molecule has 17 heavy (non-hydrogen) atoms. The minimum Gasteiger partial charge on any atom is -0.398 e. The minimum atomic E-state index is -0.225. The van der Waals surface area contributed by atoms with Crippen LogP contribution in [0.2, 0.25) is 0 Å². The van der Waals surface area contributed by atoms with E-state index >= 15 is 0 Å². The predicted octanol–water partition coefficient (Wildman–Crippen LogP) is 2.56. The summed E-state index contributed by atoms with van der Waals surface area (Å²) in [6.45, 7) is 2.02. The molecule has 90 valence electrons. The summed E-state index contributed by atoms with van der Waals surface area (Å²) in [6.07, 6.45) is 7.04. The average Bonchev–Trinajstić information content (AvgIpc) is 2.31. The largest absolute Gasteiger partial charge is 0.398 e. The maximum Gasteiger partial charge on any atom is 0.252 e.